The van der Waals surface area contributed by atoms with Gasteiger partial charge in [-0.15, -0.1) is 5.10 Å². The molecular weight excluding hydrogens is 449 g/mol. The van der Waals surface area contributed by atoms with Crippen molar-refractivity contribution in [1.82, 2.24) is 19.6 Å². The first-order valence-electron chi connectivity index (χ1n) is 7.13. The zero-order chi connectivity index (χ0) is 19.8. The van der Waals surface area contributed by atoms with Gasteiger partial charge in [0.05, 0.1) is 31.7 Å². The molecule has 2 heterocycles. The van der Waals surface area contributed by atoms with Crippen LogP contribution in [0.5, 0.6) is 5.88 Å². The lowest BCUT2D eigenvalue weighted by Gasteiger charge is -2.10. The highest BCUT2D eigenvalue weighted by molar-refractivity contribution is 9.10. The average Bonchev–Trinajstić information content (AvgIpc) is 3.10. The monoisotopic (exact) mass is 459 g/mol. The Hall–Kier alpha value is -2.80. The number of anilines is 1. The summed E-state index contributed by atoms with van der Waals surface area (Å²) in [6.45, 7) is 0. The SMILES string of the molecule is COC(=O)c1cccc(F)c1NS(=O)(=O)c1nc2c(OC)ncc(Br)n2n1. The van der Waals surface area contributed by atoms with Crippen LogP contribution in [0.4, 0.5) is 10.1 Å². The lowest BCUT2D eigenvalue weighted by molar-refractivity contribution is 0.0601. The molecule has 3 aromatic rings. The number of ether oxygens (including phenoxy) is 2. The number of methoxy groups -OCH3 is 2. The van der Waals surface area contributed by atoms with E-state index in [0.29, 0.717) is 4.60 Å². The van der Waals surface area contributed by atoms with Crippen LogP contribution >= 0.6 is 15.9 Å². The summed E-state index contributed by atoms with van der Waals surface area (Å²) in [5.41, 5.74) is -0.855. The Bertz CT molecular complexity index is 1150. The predicted molar refractivity (Wildman–Crippen MR) is 93.6 cm³/mol. The van der Waals surface area contributed by atoms with Crippen molar-refractivity contribution in [2.75, 3.05) is 18.9 Å². The smallest absolute Gasteiger partial charge is 0.340 e. The van der Waals surface area contributed by atoms with E-state index in [1.54, 1.807) is 0 Å². The molecule has 1 aromatic carbocycles. The lowest BCUT2D eigenvalue weighted by atomic mass is 10.2. The van der Waals surface area contributed by atoms with E-state index in [0.717, 1.165) is 17.7 Å². The number of carbonyl (C=O) groups excluding carboxylic acids is 1. The highest BCUT2D eigenvalue weighted by atomic mass is 79.9. The summed E-state index contributed by atoms with van der Waals surface area (Å²) in [5, 5.41) is 3.19. The minimum absolute atomic E-state index is 0.0222. The second-order valence-electron chi connectivity index (χ2n) is 4.98. The van der Waals surface area contributed by atoms with Crippen LogP contribution < -0.4 is 9.46 Å². The Balaban J connectivity index is 2.11. The van der Waals surface area contributed by atoms with Gasteiger partial charge in [0.1, 0.15) is 10.4 Å². The van der Waals surface area contributed by atoms with Crippen LogP contribution in [0.15, 0.2) is 34.2 Å². The largest absolute Gasteiger partial charge is 0.478 e. The Morgan fingerprint density at radius 2 is 2.07 bits per heavy atom. The Morgan fingerprint density at radius 1 is 1.33 bits per heavy atom. The molecule has 27 heavy (non-hydrogen) atoms. The summed E-state index contributed by atoms with van der Waals surface area (Å²) in [4.78, 5) is 19.6. The molecule has 0 bridgehead atoms. The Labute approximate surface area is 160 Å². The van der Waals surface area contributed by atoms with Crippen LogP contribution in [0.1, 0.15) is 10.4 Å². The van der Waals surface area contributed by atoms with E-state index >= 15 is 0 Å². The summed E-state index contributed by atoms with van der Waals surface area (Å²) in [7, 11) is -2.03. The van der Waals surface area contributed by atoms with Crippen molar-refractivity contribution in [3.05, 3.63) is 40.4 Å². The van der Waals surface area contributed by atoms with Gasteiger partial charge in [-0.1, -0.05) is 6.07 Å². The number of carbonyl (C=O) groups is 1. The maximum atomic E-state index is 14.2. The van der Waals surface area contributed by atoms with E-state index in [9.17, 15) is 17.6 Å². The molecule has 0 spiro atoms. The summed E-state index contributed by atoms with van der Waals surface area (Å²) in [6.07, 6.45) is 1.34. The first kappa shape index (κ1) is 19.0. The lowest BCUT2D eigenvalue weighted by Crippen LogP contribution is -2.18. The zero-order valence-electron chi connectivity index (χ0n) is 13.8. The van der Waals surface area contributed by atoms with E-state index in [2.05, 4.69) is 35.7 Å². The molecule has 0 unspecified atom stereocenters. The first-order valence-corrected chi connectivity index (χ1v) is 9.41. The molecule has 1 N–H and O–H groups in total. The molecule has 0 aliphatic carbocycles. The van der Waals surface area contributed by atoms with E-state index in [-0.39, 0.29) is 17.1 Å². The molecular formula is C14H11BrFN5O5S. The minimum Gasteiger partial charge on any atom is -0.478 e. The summed E-state index contributed by atoms with van der Waals surface area (Å²) >= 11 is 3.16. The van der Waals surface area contributed by atoms with Crippen LogP contribution in [-0.2, 0) is 14.8 Å². The Morgan fingerprint density at radius 3 is 2.74 bits per heavy atom. The third kappa shape index (κ3) is 3.42. The van der Waals surface area contributed by atoms with Gasteiger partial charge in [-0.25, -0.2) is 14.2 Å². The number of halogens is 2. The maximum absolute atomic E-state index is 14.2. The van der Waals surface area contributed by atoms with Crippen LogP contribution in [0.3, 0.4) is 0 Å². The van der Waals surface area contributed by atoms with Gasteiger partial charge >= 0.3 is 5.97 Å². The molecule has 13 heteroatoms. The molecule has 0 aliphatic rings. The fourth-order valence-corrected chi connectivity index (χ4v) is 3.46. The number of nitrogens with zero attached hydrogens (tertiary/aromatic N) is 4. The van der Waals surface area contributed by atoms with Crippen molar-refractivity contribution in [3.8, 4) is 5.88 Å². The van der Waals surface area contributed by atoms with Gasteiger partial charge in [-0.2, -0.15) is 17.9 Å². The van der Waals surface area contributed by atoms with E-state index in [1.807, 2.05) is 4.72 Å². The molecule has 2 aromatic heterocycles. The number of fused-ring (bicyclic) bond motifs is 1. The van der Waals surface area contributed by atoms with Gasteiger partial charge in [-0.05, 0) is 28.1 Å². The summed E-state index contributed by atoms with van der Waals surface area (Å²) in [6, 6.07) is 3.45. The molecule has 0 atom stereocenters. The van der Waals surface area contributed by atoms with Gasteiger partial charge in [-0.3, -0.25) is 4.72 Å². The molecule has 0 saturated heterocycles. The third-order valence-corrected chi connectivity index (χ3v) is 5.03. The number of hydrogen-bond donors (Lipinski definition) is 1. The molecule has 0 radical (unpaired) electrons. The number of sulfonamides is 1. The number of esters is 1. The van der Waals surface area contributed by atoms with Crippen LogP contribution in [0, 0.1) is 5.82 Å². The van der Waals surface area contributed by atoms with Crippen LogP contribution in [0.2, 0.25) is 0 Å². The summed E-state index contributed by atoms with van der Waals surface area (Å²) < 4.78 is 52.5. The van der Waals surface area contributed by atoms with Gasteiger partial charge in [0.2, 0.25) is 5.65 Å². The molecule has 0 amide bonds. The van der Waals surface area contributed by atoms with Gasteiger partial charge in [0.15, 0.2) is 0 Å². The minimum atomic E-state index is -4.45. The van der Waals surface area contributed by atoms with Crippen LogP contribution in [0.25, 0.3) is 5.65 Å². The van der Waals surface area contributed by atoms with Crippen molar-refractivity contribution in [3.63, 3.8) is 0 Å². The fourth-order valence-electron chi connectivity index (χ4n) is 2.15. The quantitative estimate of drug-likeness (QED) is 0.570. The predicted octanol–water partition coefficient (Wildman–Crippen LogP) is 1.62. The van der Waals surface area contributed by atoms with Crippen molar-refractivity contribution < 1.29 is 27.1 Å². The number of nitrogens with one attached hydrogen (secondary N) is 1. The standard InChI is InChI=1S/C14H11BrFN5O5S/c1-25-12-11-18-14(19-21(11)9(15)6-17-12)27(23,24)20-10-7(13(22)26-2)4-3-5-8(10)16/h3-6,20H,1-2H3. The number of para-hydroxylation sites is 1. The molecule has 0 aliphatic heterocycles. The molecule has 10 nitrogen and oxygen atoms in total. The second kappa shape index (κ2) is 7.08. The third-order valence-electron chi connectivity index (χ3n) is 3.36. The highest BCUT2D eigenvalue weighted by Gasteiger charge is 2.27. The second-order valence-corrected chi connectivity index (χ2v) is 7.37. The fraction of sp³-hybridized carbons (Fsp3) is 0.143. The van der Waals surface area contributed by atoms with Crippen LogP contribution in [-0.4, -0.2) is 48.2 Å². The van der Waals surface area contributed by atoms with Crippen molar-refractivity contribution in [1.29, 1.82) is 0 Å². The first-order chi connectivity index (χ1) is 12.8. The van der Waals surface area contributed by atoms with E-state index < -0.39 is 32.7 Å². The number of aromatic nitrogens is 4. The van der Waals surface area contributed by atoms with Gasteiger partial charge in [0, 0.05) is 0 Å². The van der Waals surface area contributed by atoms with Crippen molar-refractivity contribution >= 4 is 43.3 Å². The van der Waals surface area contributed by atoms with Crippen molar-refractivity contribution in [2.45, 2.75) is 5.16 Å². The molecule has 142 valence electrons. The summed E-state index contributed by atoms with van der Waals surface area (Å²) in [5.74, 6) is -1.84. The van der Waals surface area contributed by atoms with Crippen molar-refractivity contribution in [2.24, 2.45) is 0 Å². The number of rotatable bonds is 5. The van der Waals surface area contributed by atoms with Gasteiger partial charge in [0.25, 0.3) is 21.1 Å². The average molecular weight is 460 g/mol. The van der Waals surface area contributed by atoms with E-state index in [1.165, 1.54) is 25.4 Å². The molecule has 3 rings (SSSR count). The van der Waals surface area contributed by atoms with Gasteiger partial charge < -0.3 is 9.47 Å². The normalized spacial score (nSPS) is 11.4. The molecule has 0 fully saturated rings. The maximum Gasteiger partial charge on any atom is 0.340 e. The van der Waals surface area contributed by atoms with E-state index in [4.69, 9.17) is 4.74 Å². The topological polar surface area (TPSA) is 125 Å². The number of benzene rings is 1. The zero-order valence-corrected chi connectivity index (χ0v) is 16.2. The Kier molecular flexibility index (Phi) is 4.97. The molecule has 0 saturated carbocycles. The number of hydrogen-bond acceptors (Lipinski definition) is 8. The highest BCUT2D eigenvalue weighted by Crippen LogP contribution is 2.25.